The van der Waals surface area contributed by atoms with E-state index in [9.17, 15) is 0 Å². The molecule has 1 rings (SSSR count). The molecule has 0 atom stereocenters. The largest absolute Gasteiger partial charge is 0.379 e. The Bertz CT molecular complexity index is 297. The van der Waals surface area contributed by atoms with E-state index in [1.165, 1.54) is 5.69 Å². The molecule has 1 heterocycles. The molecule has 0 unspecified atom stereocenters. The van der Waals surface area contributed by atoms with E-state index in [0.29, 0.717) is 0 Å². The second-order valence-electron chi connectivity index (χ2n) is 5.85. The first-order valence-corrected chi connectivity index (χ1v) is 5.15. The standard InChI is InChI=1S/C12H22N2/c1-11(2,3)13-10-7-8-14(9-10)12(4,5)6/h7-9,13H,1-6H3. The fourth-order valence-electron chi connectivity index (χ4n) is 1.32. The average molecular weight is 194 g/mol. The smallest absolute Gasteiger partial charge is 0.0524 e. The van der Waals surface area contributed by atoms with Crippen molar-refractivity contribution in [1.29, 1.82) is 0 Å². The van der Waals surface area contributed by atoms with Gasteiger partial charge in [-0.25, -0.2) is 0 Å². The molecule has 0 spiro atoms. The van der Waals surface area contributed by atoms with Gasteiger partial charge in [0.2, 0.25) is 0 Å². The molecule has 0 bridgehead atoms. The summed E-state index contributed by atoms with van der Waals surface area (Å²) in [6.45, 7) is 13.1. The van der Waals surface area contributed by atoms with E-state index in [4.69, 9.17) is 0 Å². The molecule has 1 N–H and O–H groups in total. The molecule has 0 saturated carbocycles. The van der Waals surface area contributed by atoms with Gasteiger partial charge in [0.25, 0.3) is 0 Å². The summed E-state index contributed by atoms with van der Waals surface area (Å²) in [7, 11) is 0. The van der Waals surface area contributed by atoms with Crippen molar-refractivity contribution < 1.29 is 0 Å². The van der Waals surface area contributed by atoms with E-state index in [2.05, 4.69) is 69.9 Å². The number of hydrogen-bond acceptors (Lipinski definition) is 1. The van der Waals surface area contributed by atoms with Crippen LogP contribution in [-0.2, 0) is 5.54 Å². The molecule has 14 heavy (non-hydrogen) atoms. The van der Waals surface area contributed by atoms with Gasteiger partial charge in [-0.3, -0.25) is 0 Å². The molecule has 2 heteroatoms. The predicted octanol–water partition coefficient (Wildman–Crippen LogP) is 3.45. The normalized spacial score (nSPS) is 13.0. The summed E-state index contributed by atoms with van der Waals surface area (Å²) in [6.07, 6.45) is 4.28. The molecule has 0 aromatic carbocycles. The summed E-state index contributed by atoms with van der Waals surface area (Å²) in [5, 5.41) is 3.45. The molecule has 0 radical (unpaired) electrons. The third-order valence-corrected chi connectivity index (χ3v) is 1.99. The van der Waals surface area contributed by atoms with Gasteiger partial charge >= 0.3 is 0 Å². The number of nitrogens with zero attached hydrogens (tertiary/aromatic N) is 1. The summed E-state index contributed by atoms with van der Waals surface area (Å²) in [4.78, 5) is 0. The predicted molar refractivity (Wildman–Crippen MR) is 62.8 cm³/mol. The van der Waals surface area contributed by atoms with Crippen LogP contribution in [0.1, 0.15) is 41.5 Å². The summed E-state index contributed by atoms with van der Waals surface area (Å²) < 4.78 is 2.22. The zero-order valence-electron chi connectivity index (χ0n) is 10.2. The number of nitrogens with one attached hydrogen (secondary N) is 1. The molecule has 2 nitrogen and oxygen atoms in total. The molecule has 80 valence electrons. The van der Waals surface area contributed by atoms with E-state index in [-0.39, 0.29) is 11.1 Å². The molecular formula is C12H22N2. The quantitative estimate of drug-likeness (QED) is 0.724. The van der Waals surface area contributed by atoms with Gasteiger partial charge in [0, 0.05) is 23.5 Å². The molecule has 1 aromatic rings. The van der Waals surface area contributed by atoms with E-state index in [1.54, 1.807) is 0 Å². The lowest BCUT2D eigenvalue weighted by Gasteiger charge is -2.23. The highest BCUT2D eigenvalue weighted by Gasteiger charge is 2.14. The van der Waals surface area contributed by atoms with Gasteiger partial charge in [-0.1, -0.05) is 0 Å². The van der Waals surface area contributed by atoms with Crippen LogP contribution < -0.4 is 5.32 Å². The van der Waals surface area contributed by atoms with E-state index >= 15 is 0 Å². The van der Waals surface area contributed by atoms with Gasteiger partial charge in [0.05, 0.1) is 5.69 Å². The summed E-state index contributed by atoms with van der Waals surface area (Å²) in [5.74, 6) is 0. The highest BCUT2D eigenvalue weighted by atomic mass is 15.1. The number of aromatic nitrogens is 1. The van der Waals surface area contributed by atoms with Crippen molar-refractivity contribution in [3.05, 3.63) is 18.5 Å². The van der Waals surface area contributed by atoms with Gasteiger partial charge in [-0.15, -0.1) is 0 Å². The first-order chi connectivity index (χ1) is 6.18. The second kappa shape index (κ2) is 3.34. The van der Waals surface area contributed by atoms with Crippen LogP contribution in [0.3, 0.4) is 0 Å². The maximum absolute atomic E-state index is 3.45. The number of hydrogen-bond donors (Lipinski definition) is 1. The zero-order valence-corrected chi connectivity index (χ0v) is 10.2. The van der Waals surface area contributed by atoms with Crippen molar-refractivity contribution in [2.45, 2.75) is 52.6 Å². The zero-order chi connectivity index (χ0) is 11.0. The van der Waals surface area contributed by atoms with Gasteiger partial charge in [0.1, 0.15) is 0 Å². The van der Waals surface area contributed by atoms with E-state index < -0.39 is 0 Å². The van der Waals surface area contributed by atoms with E-state index in [1.807, 2.05) is 0 Å². The topological polar surface area (TPSA) is 17.0 Å². The molecule has 0 aliphatic carbocycles. The summed E-state index contributed by atoms with van der Waals surface area (Å²) in [6, 6.07) is 2.12. The van der Waals surface area contributed by atoms with Crippen LogP contribution in [-0.4, -0.2) is 10.1 Å². The van der Waals surface area contributed by atoms with Crippen molar-refractivity contribution >= 4 is 5.69 Å². The molecule has 0 aliphatic rings. The molecule has 0 fully saturated rings. The third kappa shape index (κ3) is 3.09. The van der Waals surface area contributed by atoms with Crippen molar-refractivity contribution in [3.63, 3.8) is 0 Å². The minimum atomic E-state index is 0.129. The van der Waals surface area contributed by atoms with Gasteiger partial charge in [0.15, 0.2) is 0 Å². The fourth-order valence-corrected chi connectivity index (χ4v) is 1.32. The van der Waals surface area contributed by atoms with Gasteiger partial charge < -0.3 is 9.88 Å². The lowest BCUT2D eigenvalue weighted by Crippen LogP contribution is -2.26. The van der Waals surface area contributed by atoms with Crippen LogP contribution in [0.2, 0.25) is 0 Å². The lowest BCUT2D eigenvalue weighted by atomic mass is 10.1. The Morgan fingerprint density at radius 1 is 1.07 bits per heavy atom. The summed E-state index contributed by atoms with van der Waals surface area (Å²) >= 11 is 0. The summed E-state index contributed by atoms with van der Waals surface area (Å²) in [5.41, 5.74) is 1.48. The number of anilines is 1. The molecule has 1 aromatic heterocycles. The van der Waals surface area contributed by atoms with Crippen molar-refractivity contribution in [1.82, 2.24) is 4.57 Å². The first-order valence-electron chi connectivity index (χ1n) is 5.15. The Labute approximate surface area is 87.3 Å². The van der Waals surface area contributed by atoms with Crippen LogP contribution in [0.5, 0.6) is 0 Å². The monoisotopic (exact) mass is 194 g/mol. The Morgan fingerprint density at radius 2 is 1.64 bits per heavy atom. The Kier molecular flexibility index (Phi) is 2.66. The SMILES string of the molecule is CC(C)(C)Nc1ccn(C(C)(C)C)c1. The van der Waals surface area contributed by atoms with Crippen molar-refractivity contribution in [2.24, 2.45) is 0 Å². The molecule has 0 amide bonds. The molecular weight excluding hydrogens is 172 g/mol. The average Bonchev–Trinajstić information content (AvgIpc) is 2.29. The Hall–Kier alpha value is -0.920. The third-order valence-electron chi connectivity index (χ3n) is 1.99. The van der Waals surface area contributed by atoms with Crippen LogP contribution in [0.4, 0.5) is 5.69 Å². The van der Waals surface area contributed by atoms with Crippen LogP contribution >= 0.6 is 0 Å². The molecule has 0 saturated heterocycles. The van der Waals surface area contributed by atoms with Gasteiger partial charge in [-0.2, -0.15) is 0 Å². The Morgan fingerprint density at radius 3 is 2.00 bits per heavy atom. The van der Waals surface area contributed by atoms with Crippen molar-refractivity contribution in [3.8, 4) is 0 Å². The Balaban J connectivity index is 2.79. The number of rotatable bonds is 1. The van der Waals surface area contributed by atoms with Crippen molar-refractivity contribution in [2.75, 3.05) is 5.32 Å². The van der Waals surface area contributed by atoms with E-state index in [0.717, 1.165) is 0 Å². The fraction of sp³-hybridized carbons (Fsp3) is 0.667. The first kappa shape index (κ1) is 11.2. The maximum Gasteiger partial charge on any atom is 0.0524 e. The second-order valence-corrected chi connectivity index (χ2v) is 5.85. The van der Waals surface area contributed by atoms with Gasteiger partial charge in [-0.05, 0) is 47.6 Å². The minimum Gasteiger partial charge on any atom is -0.379 e. The van der Waals surface area contributed by atoms with Crippen LogP contribution in [0.25, 0.3) is 0 Å². The highest BCUT2D eigenvalue weighted by Crippen LogP contribution is 2.20. The van der Waals surface area contributed by atoms with Crippen LogP contribution in [0.15, 0.2) is 18.5 Å². The molecule has 0 aliphatic heterocycles. The lowest BCUT2D eigenvalue weighted by molar-refractivity contribution is 0.398. The minimum absolute atomic E-state index is 0.129. The maximum atomic E-state index is 3.45. The van der Waals surface area contributed by atoms with Crippen LogP contribution in [0, 0.1) is 0 Å². The highest BCUT2D eigenvalue weighted by molar-refractivity contribution is 5.43.